The van der Waals surface area contributed by atoms with Gasteiger partial charge in [0.15, 0.2) is 0 Å². The van der Waals surface area contributed by atoms with Crippen molar-refractivity contribution in [2.75, 3.05) is 7.05 Å². The van der Waals surface area contributed by atoms with Crippen molar-refractivity contribution in [3.8, 4) is 0 Å². The number of nitrogens with zero attached hydrogens (tertiary/aromatic N) is 1. The predicted octanol–water partition coefficient (Wildman–Crippen LogP) is 4.66. The summed E-state index contributed by atoms with van der Waals surface area (Å²) in [5.41, 5.74) is 2.20. The van der Waals surface area contributed by atoms with Crippen LogP contribution in [0, 0.1) is 19.8 Å². The van der Waals surface area contributed by atoms with Crippen molar-refractivity contribution in [2.24, 2.45) is 5.92 Å². The summed E-state index contributed by atoms with van der Waals surface area (Å²) in [7, 11) is 1.61. The van der Waals surface area contributed by atoms with Gasteiger partial charge in [0, 0.05) is 13.1 Å². The van der Waals surface area contributed by atoms with E-state index < -0.39 is 23.8 Å². The number of amides is 3. The molecule has 3 amide bonds. The highest BCUT2D eigenvalue weighted by molar-refractivity contribution is 5.92. The molecule has 0 aliphatic rings. The zero-order valence-electron chi connectivity index (χ0n) is 22.0. The largest absolute Gasteiger partial charge is 0.444 e. The van der Waals surface area contributed by atoms with Crippen molar-refractivity contribution in [3.63, 3.8) is 0 Å². The maximum absolute atomic E-state index is 13.5. The molecule has 1 aromatic carbocycles. The van der Waals surface area contributed by atoms with Gasteiger partial charge in [0.2, 0.25) is 11.8 Å². The third-order valence-corrected chi connectivity index (χ3v) is 5.55. The Balaban J connectivity index is 3.28. The topological polar surface area (TPSA) is 87.7 Å². The molecule has 7 heteroatoms. The summed E-state index contributed by atoms with van der Waals surface area (Å²) in [4.78, 5) is 40.7. The van der Waals surface area contributed by atoms with Gasteiger partial charge in [0.05, 0.1) is 0 Å². The summed E-state index contributed by atoms with van der Waals surface area (Å²) in [6, 6.07) is 4.11. The molecule has 1 rings (SSSR count). The van der Waals surface area contributed by atoms with E-state index in [1.807, 2.05) is 52.8 Å². The normalized spacial score (nSPS) is 14.3. The summed E-state index contributed by atoms with van der Waals surface area (Å²) >= 11 is 0. The Kier molecular flexibility index (Phi) is 10.4. The van der Waals surface area contributed by atoms with Crippen LogP contribution in [0.15, 0.2) is 18.2 Å². The molecule has 0 fully saturated rings. The van der Waals surface area contributed by atoms with Crippen LogP contribution in [0.1, 0.15) is 84.0 Å². The average Bonchev–Trinajstić information content (AvgIpc) is 2.67. The van der Waals surface area contributed by atoms with Gasteiger partial charge in [-0.05, 0) is 70.6 Å². The molecule has 0 spiro atoms. The van der Waals surface area contributed by atoms with Crippen molar-refractivity contribution in [3.05, 3.63) is 34.9 Å². The fourth-order valence-electron chi connectivity index (χ4n) is 3.61. The first-order valence-corrected chi connectivity index (χ1v) is 11.8. The second-order valence-electron chi connectivity index (χ2n) is 10.3. The van der Waals surface area contributed by atoms with Gasteiger partial charge >= 0.3 is 6.09 Å². The lowest BCUT2D eigenvalue weighted by Crippen LogP contribution is -2.54. The van der Waals surface area contributed by atoms with Gasteiger partial charge in [0.1, 0.15) is 17.7 Å². The fraction of sp³-hybridized carbons (Fsp3) is 0.654. The van der Waals surface area contributed by atoms with Gasteiger partial charge in [-0.15, -0.1) is 0 Å². The van der Waals surface area contributed by atoms with Crippen molar-refractivity contribution in [1.82, 2.24) is 15.5 Å². The zero-order valence-corrected chi connectivity index (χ0v) is 22.0. The fourth-order valence-corrected chi connectivity index (χ4v) is 3.61. The van der Waals surface area contributed by atoms with Gasteiger partial charge < -0.3 is 20.3 Å². The van der Waals surface area contributed by atoms with E-state index in [0.29, 0.717) is 0 Å². The zero-order chi connectivity index (χ0) is 25.5. The number of nitrogens with one attached hydrogen (secondary N) is 2. The summed E-state index contributed by atoms with van der Waals surface area (Å²) in [5.74, 6) is -0.790. The molecule has 0 aromatic heterocycles. The SMILES string of the molecule is CCCC(C)NC(=O)C(c1ccc(C)c(C)c1)N(C)C(=O)C(NC(=O)OC(C)(C)C)C(C)C. The number of rotatable bonds is 9. The van der Waals surface area contributed by atoms with E-state index in [2.05, 4.69) is 17.6 Å². The van der Waals surface area contributed by atoms with Gasteiger partial charge in [-0.25, -0.2) is 4.79 Å². The Morgan fingerprint density at radius 2 is 1.64 bits per heavy atom. The lowest BCUT2D eigenvalue weighted by Gasteiger charge is -2.33. The Hall–Kier alpha value is -2.57. The van der Waals surface area contributed by atoms with Crippen LogP contribution in [-0.4, -0.2) is 47.5 Å². The maximum atomic E-state index is 13.5. The monoisotopic (exact) mass is 461 g/mol. The van der Waals surface area contributed by atoms with E-state index in [0.717, 1.165) is 29.5 Å². The molecule has 0 bridgehead atoms. The van der Waals surface area contributed by atoms with Crippen molar-refractivity contribution >= 4 is 17.9 Å². The summed E-state index contributed by atoms with van der Waals surface area (Å²) in [6.45, 7) is 17.0. The molecule has 0 heterocycles. The number of carbonyl (C=O) groups excluding carboxylic acids is 3. The number of carbonyl (C=O) groups is 3. The molecule has 1 aromatic rings. The van der Waals surface area contributed by atoms with Crippen LogP contribution in [-0.2, 0) is 14.3 Å². The first-order valence-electron chi connectivity index (χ1n) is 11.8. The van der Waals surface area contributed by atoms with Crippen molar-refractivity contribution in [2.45, 2.75) is 98.9 Å². The molecule has 33 heavy (non-hydrogen) atoms. The van der Waals surface area contributed by atoms with Crippen molar-refractivity contribution in [1.29, 1.82) is 0 Å². The molecule has 0 aliphatic heterocycles. The molecule has 0 saturated carbocycles. The number of hydrogen-bond donors (Lipinski definition) is 2. The van der Waals surface area contributed by atoms with Gasteiger partial charge in [-0.2, -0.15) is 0 Å². The Labute approximate surface area is 199 Å². The number of likely N-dealkylation sites (N-methyl/N-ethyl adjacent to an activating group) is 1. The highest BCUT2D eigenvalue weighted by atomic mass is 16.6. The minimum Gasteiger partial charge on any atom is -0.444 e. The standard InChI is InChI=1S/C26H43N3O4/c1-11-12-19(6)27-23(30)22(20-14-13-17(4)18(5)15-20)29(10)24(31)21(16(2)3)28-25(32)33-26(7,8)9/h13-16,19,21-22H,11-12H2,1-10H3,(H,27,30)(H,28,32). The Morgan fingerprint density at radius 1 is 1.03 bits per heavy atom. The van der Waals surface area contributed by atoms with E-state index in [-0.39, 0.29) is 23.8 Å². The molecule has 2 N–H and O–H groups in total. The van der Waals surface area contributed by atoms with Crippen LogP contribution in [0.5, 0.6) is 0 Å². The van der Waals surface area contributed by atoms with E-state index in [4.69, 9.17) is 4.74 Å². The van der Waals surface area contributed by atoms with E-state index in [1.165, 1.54) is 4.90 Å². The van der Waals surface area contributed by atoms with E-state index >= 15 is 0 Å². The third kappa shape index (κ3) is 8.71. The minimum atomic E-state index is -0.834. The van der Waals surface area contributed by atoms with Gasteiger partial charge in [-0.3, -0.25) is 9.59 Å². The van der Waals surface area contributed by atoms with Crippen LogP contribution < -0.4 is 10.6 Å². The number of benzene rings is 1. The quantitative estimate of drug-likeness (QED) is 0.560. The smallest absolute Gasteiger partial charge is 0.408 e. The molecular weight excluding hydrogens is 418 g/mol. The predicted molar refractivity (Wildman–Crippen MR) is 132 cm³/mol. The first kappa shape index (κ1) is 28.5. The lowest BCUT2D eigenvalue weighted by atomic mass is 9.97. The Morgan fingerprint density at radius 3 is 2.12 bits per heavy atom. The number of aryl methyl sites for hydroxylation is 2. The highest BCUT2D eigenvalue weighted by Crippen LogP contribution is 2.25. The average molecular weight is 462 g/mol. The first-order chi connectivity index (χ1) is 15.2. The van der Waals surface area contributed by atoms with Crippen LogP contribution >= 0.6 is 0 Å². The lowest BCUT2D eigenvalue weighted by molar-refractivity contribution is -0.141. The number of alkyl carbamates (subject to hydrolysis) is 1. The number of hydrogen-bond acceptors (Lipinski definition) is 4. The molecular formula is C26H43N3O4. The molecule has 7 nitrogen and oxygen atoms in total. The van der Waals surface area contributed by atoms with Gasteiger partial charge in [-0.1, -0.05) is 45.4 Å². The second-order valence-corrected chi connectivity index (χ2v) is 10.3. The summed E-state index contributed by atoms with van der Waals surface area (Å²) in [5, 5.41) is 5.74. The van der Waals surface area contributed by atoms with E-state index in [9.17, 15) is 14.4 Å². The molecule has 3 atom stereocenters. The van der Waals surface area contributed by atoms with Crippen LogP contribution in [0.4, 0.5) is 4.79 Å². The third-order valence-electron chi connectivity index (χ3n) is 5.55. The minimum absolute atomic E-state index is 0.0131. The van der Waals surface area contributed by atoms with Crippen LogP contribution in [0.25, 0.3) is 0 Å². The molecule has 0 saturated heterocycles. The van der Waals surface area contributed by atoms with Crippen LogP contribution in [0.2, 0.25) is 0 Å². The van der Waals surface area contributed by atoms with Crippen LogP contribution in [0.3, 0.4) is 0 Å². The van der Waals surface area contributed by atoms with E-state index in [1.54, 1.807) is 27.8 Å². The van der Waals surface area contributed by atoms with Gasteiger partial charge in [0.25, 0.3) is 0 Å². The number of ether oxygens (including phenoxy) is 1. The Bertz CT molecular complexity index is 829. The second kappa shape index (κ2) is 12.1. The van der Waals surface area contributed by atoms with Crippen molar-refractivity contribution < 1.29 is 19.1 Å². The molecule has 0 aliphatic carbocycles. The molecule has 0 radical (unpaired) electrons. The molecule has 186 valence electrons. The summed E-state index contributed by atoms with van der Waals surface area (Å²) < 4.78 is 5.35. The summed E-state index contributed by atoms with van der Waals surface area (Å²) in [6.07, 6.45) is 1.13. The maximum Gasteiger partial charge on any atom is 0.408 e. The molecule has 3 unspecified atom stereocenters. The highest BCUT2D eigenvalue weighted by Gasteiger charge is 2.35.